The molecule has 0 bridgehead atoms. The predicted molar refractivity (Wildman–Crippen MR) is 82.5 cm³/mol. The van der Waals surface area contributed by atoms with E-state index >= 15 is 0 Å². The third-order valence-electron chi connectivity index (χ3n) is 4.19. The summed E-state index contributed by atoms with van der Waals surface area (Å²) in [6.45, 7) is 7.97. The summed E-state index contributed by atoms with van der Waals surface area (Å²) in [7, 11) is 2.23. The van der Waals surface area contributed by atoms with Crippen molar-refractivity contribution in [2.45, 2.75) is 51.6 Å². The van der Waals surface area contributed by atoms with Crippen LogP contribution in [0.25, 0.3) is 0 Å². The van der Waals surface area contributed by atoms with E-state index in [1.165, 1.54) is 43.5 Å². The van der Waals surface area contributed by atoms with E-state index < -0.39 is 0 Å². The fourth-order valence-corrected chi connectivity index (χ4v) is 2.73. The molecule has 1 heterocycles. The summed E-state index contributed by atoms with van der Waals surface area (Å²) in [6, 6.07) is 9.76. The Morgan fingerprint density at radius 1 is 1.16 bits per heavy atom. The molecule has 1 aliphatic heterocycles. The lowest BCUT2D eigenvalue weighted by Crippen LogP contribution is -2.29. The standard InChI is InChI=1S/C17H28N2/c1-14(2)16-8-6-15(7-9-16)13-18-17-5-4-11-19(3)12-10-17/h6-9,14,17-18H,4-5,10-13H2,1-3H3. The van der Waals surface area contributed by atoms with Crippen molar-refractivity contribution in [1.82, 2.24) is 10.2 Å². The number of likely N-dealkylation sites (tertiary alicyclic amines) is 1. The van der Waals surface area contributed by atoms with Crippen LogP contribution in [0.3, 0.4) is 0 Å². The molecule has 1 unspecified atom stereocenters. The molecule has 106 valence electrons. The SMILES string of the molecule is CC(C)c1ccc(CNC2CCCN(C)CC2)cc1. The Bertz CT molecular complexity index is 369. The first-order valence-corrected chi connectivity index (χ1v) is 7.66. The van der Waals surface area contributed by atoms with Crippen LogP contribution >= 0.6 is 0 Å². The fraction of sp³-hybridized carbons (Fsp3) is 0.647. The van der Waals surface area contributed by atoms with Crippen molar-refractivity contribution in [3.8, 4) is 0 Å². The summed E-state index contributed by atoms with van der Waals surface area (Å²) in [5.41, 5.74) is 2.84. The highest BCUT2D eigenvalue weighted by Gasteiger charge is 2.13. The van der Waals surface area contributed by atoms with Crippen molar-refractivity contribution < 1.29 is 0 Å². The number of hydrogen-bond donors (Lipinski definition) is 1. The maximum absolute atomic E-state index is 3.72. The van der Waals surface area contributed by atoms with Gasteiger partial charge >= 0.3 is 0 Å². The van der Waals surface area contributed by atoms with Gasteiger partial charge in [0.1, 0.15) is 0 Å². The molecule has 0 radical (unpaired) electrons. The van der Waals surface area contributed by atoms with Gasteiger partial charge in [-0.15, -0.1) is 0 Å². The van der Waals surface area contributed by atoms with Crippen LogP contribution in [0, 0.1) is 0 Å². The van der Waals surface area contributed by atoms with Crippen LogP contribution < -0.4 is 5.32 Å². The summed E-state index contributed by atoms with van der Waals surface area (Å²) in [5, 5.41) is 3.72. The first kappa shape index (κ1) is 14.5. The van der Waals surface area contributed by atoms with Crippen molar-refractivity contribution in [3.05, 3.63) is 35.4 Å². The molecule has 1 aromatic carbocycles. The lowest BCUT2D eigenvalue weighted by atomic mass is 10.0. The van der Waals surface area contributed by atoms with Crippen LogP contribution in [0.15, 0.2) is 24.3 Å². The molecule has 1 aliphatic rings. The van der Waals surface area contributed by atoms with E-state index in [0.29, 0.717) is 12.0 Å². The van der Waals surface area contributed by atoms with Gasteiger partial charge in [-0.2, -0.15) is 0 Å². The monoisotopic (exact) mass is 260 g/mol. The Labute approximate surface area is 118 Å². The van der Waals surface area contributed by atoms with Crippen LogP contribution in [-0.2, 0) is 6.54 Å². The Balaban J connectivity index is 1.81. The highest BCUT2D eigenvalue weighted by Crippen LogP contribution is 2.15. The molecule has 1 atom stereocenters. The highest BCUT2D eigenvalue weighted by molar-refractivity contribution is 5.24. The minimum atomic E-state index is 0.624. The molecule has 2 heteroatoms. The smallest absolute Gasteiger partial charge is 0.0208 e. The van der Waals surface area contributed by atoms with Gasteiger partial charge in [-0.1, -0.05) is 38.1 Å². The second kappa shape index (κ2) is 7.06. The van der Waals surface area contributed by atoms with E-state index in [1.54, 1.807) is 0 Å². The molecule has 0 aliphatic carbocycles. The summed E-state index contributed by atoms with van der Waals surface area (Å²) in [6.07, 6.45) is 3.91. The van der Waals surface area contributed by atoms with Crippen LogP contribution in [0.2, 0.25) is 0 Å². The van der Waals surface area contributed by atoms with Crippen LogP contribution in [0.4, 0.5) is 0 Å². The number of benzene rings is 1. The summed E-state index contributed by atoms with van der Waals surface area (Å²) >= 11 is 0. The molecule has 1 saturated heterocycles. The van der Waals surface area contributed by atoms with Crippen molar-refractivity contribution >= 4 is 0 Å². The summed E-state index contributed by atoms with van der Waals surface area (Å²) in [4.78, 5) is 2.44. The van der Waals surface area contributed by atoms with E-state index in [1.807, 2.05) is 0 Å². The highest BCUT2D eigenvalue weighted by atomic mass is 15.1. The number of nitrogens with one attached hydrogen (secondary N) is 1. The maximum atomic E-state index is 3.72. The third kappa shape index (κ3) is 4.63. The third-order valence-corrected chi connectivity index (χ3v) is 4.19. The lowest BCUT2D eigenvalue weighted by molar-refractivity contribution is 0.343. The normalized spacial score (nSPS) is 21.6. The lowest BCUT2D eigenvalue weighted by Gasteiger charge is -2.17. The summed E-state index contributed by atoms with van der Waals surface area (Å²) in [5.74, 6) is 0.624. The molecule has 0 amide bonds. The fourth-order valence-electron chi connectivity index (χ4n) is 2.73. The number of nitrogens with zero attached hydrogens (tertiary/aromatic N) is 1. The minimum absolute atomic E-state index is 0.624. The molecule has 1 fully saturated rings. The van der Waals surface area contributed by atoms with Gasteiger partial charge in [0.25, 0.3) is 0 Å². The minimum Gasteiger partial charge on any atom is -0.310 e. The van der Waals surface area contributed by atoms with Crippen molar-refractivity contribution in [2.75, 3.05) is 20.1 Å². The van der Waals surface area contributed by atoms with E-state index in [4.69, 9.17) is 0 Å². The molecule has 1 aromatic rings. The zero-order valence-electron chi connectivity index (χ0n) is 12.7. The van der Waals surface area contributed by atoms with Crippen molar-refractivity contribution in [3.63, 3.8) is 0 Å². The topological polar surface area (TPSA) is 15.3 Å². The van der Waals surface area contributed by atoms with E-state index in [0.717, 1.165) is 6.54 Å². The Morgan fingerprint density at radius 3 is 2.58 bits per heavy atom. The molecule has 2 nitrogen and oxygen atoms in total. The Hall–Kier alpha value is -0.860. The second-order valence-corrected chi connectivity index (χ2v) is 6.21. The van der Waals surface area contributed by atoms with E-state index in [2.05, 4.69) is 55.4 Å². The van der Waals surface area contributed by atoms with Crippen LogP contribution in [-0.4, -0.2) is 31.1 Å². The van der Waals surface area contributed by atoms with Gasteiger partial charge < -0.3 is 10.2 Å². The van der Waals surface area contributed by atoms with Gasteiger partial charge in [0.2, 0.25) is 0 Å². The van der Waals surface area contributed by atoms with E-state index in [9.17, 15) is 0 Å². The van der Waals surface area contributed by atoms with Gasteiger partial charge in [0, 0.05) is 12.6 Å². The predicted octanol–water partition coefficient (Wildman–Crippen LogP) is 3.38. The number of rotatable bonds is 4. The van der Waals surface area contributed by atoms with Crippen molar-refractivity contribution in [2.24, 2.45) is 0 Å². The molecular formula is C17H28N2. The molecule has 0 aromatic heterocycles. The average Bonchev–Trinajstić information content (AvgIpc) is 2.61. The average molecular weight is 260 g/mol. The summed E-state index contributed by atoms with van der Waals surface area (Å²) < 4.78 is 0. The molecule has 2 rings (SSSR count). The van der Waals surface area contributed by atoms with E-state index in [-0.39, 0.29) is 0 Å². The second-order valence-electron chi connectivity index (χ2n) is 6.21. The molecule has 0 spiro atoms. The molecule has 1 N–H and O–H groups in total. The Morgan fingerprint density at radius 2 is 1.89 bits per heavy atom. The quantitative estimate of drug-likeness (QED) is 0.893. The van der Waals surface area contributed by atoms with Crippen molar-refractivity contribution in [1.29, 1.82) is 0 Å². The Kier molecular flexibility index (Phi) is 5.41. The van der Waals surface area contributed by atoms with Gasteiger partial charge in [0.15, 0.2) is 0 Å². The van der Waals surface area contributed by atoms with Gasteiger partial charge in [-0.25, -0.2) is 0 Å². The zero-order chi connectivity index (χ0) is 13.7. The first-order valence-electron chi connectivity index (χ1n) is 7.66. The van der Waals surface area contributed by atoms with Gasteiger partial charge in [-0.05, 0) is 56.4 Å². The van der Waals surface area contributed by atoms with Crippen LogP contribution in [0.1, 0.15) is 50.2 Å². The first-order chi connectivity index (χ1) is 9.15. The van der Waals surface area contributed by atoms with Crippen LogP contribution in [0.5, 0.6) is 0 Å². The molecular weight excluding hydrogens is 232 g/mol. The van der Waals surface area contributed by atoms with Gasteiger partial charge in [0.05, 0.1) is 0 Å². The molecule has 19 heavy (non-hydrogen) atoms. The largest absolute Gasteiger partial charge is 0.310 e. The number of hydrogen-bond acceptors (Lipinski definition) is 2. The maximum Gasteiger partial charge on any atom is 0.0208 e. The van der Waals surface area contributed by atoms with Gasteiger partial charge in [-0.3, -0.25) is 0 Å². The zero-order valence-corrected chi connectivity index (χ0v) is 12.7. The molecule has 0 saturated carbocycles.